The van der Waals surface area contributed by atoms with Crippen LogP contribution in [0.3, 0.4) is 0 Å². The lowest BCUT2D eigenvalue weighted by atomic mass is 10.2. The molecular formula is C16H14ClNO4S2. The summed E-state index contributed by atoms with van der Waals surface area (Å²) in [6, 6.07) is 13.4. The van der Waals surface area contributed by atoms with E-state index in [0.717, 1.165) is 9.71 Å². The van der Waals surface area contributed by atoms with Crippen molar-refractivity contribution in [2.45, 2.75) is 10.9 Å². The fourth-order valence-corrected chi connectivity index (χ4v) is 5.61. The van der Waals surface area contributed by atoms with Gasteiger partial charge in [0.25, 0.3) is 10.0 Å². The van der Waals surface area contributed by atoms with E-state index in [0.29, 0.717) is 10.7 Å². The fraction of sp³-hybridized carbons (Fsp3) is 0.125. The minimum absolute atomic E-state index is 0.0495. The fourth-order valence-electron chi connectivity index (χ4n) is 2.51. The quantitative estimate of drug-likeness (QED) is 0.813. The summed E-state index contributed by atoms with van der Waals surface area (Å²) in [4.78, 5) is 0.0495. The maximum atomic E-state index is 13.1. The van der Waals surface area contributed by atoms with Gasteiger partial charge in [-0.15, -0.1) is 0 Å². The summed E-state index contributed by atoms with van der Waals surface area (Å²) >= 11 is 5.82. The van der Waals surface area contributed by atoms with Gasteiger partial charge in [0.15, 0.2) is 9.84 Å². The van der Waals surface area contributed by atoms with Gasteiger partial charge in [0.05, 0.1) is 22.4 Å². The van der Waals surface area contributed by atoms with E-state index in [-0.39, 0.29) is 10.6 Å². The third kappa shape index (κ3) is 3.33. The predicted molar refractivity (Wildman–Crippen MR) is 94.3 cm³/mol. The number of sulfone groups is 1. The lowest BCUT2D eigenvalue weighted by molar-refractivity contribution is 0.586. The Balaban J connectivity index is 2.11. The molecule has 1 atom stereocenters. The Kier molecular flexibility index (Phi) is 4.42. The molecule has 2 aromatic rings. The summed E-state index contributed by atoms with van der Waals surface area (Å²) in [6.45, 7) is 0. The highest BCUT2D eigenvalue weighted by Gasteiger charge is 2.35. The molecule has 1 heterocycles. The van der Waals surface area contributed by atoms with Gasteiger partial charge in [0.2, 0.25) is 0 Å². The lowest BCUT2D eigenvalue weighted by Gasteiger charge is -2.29. The summed E-state index contributed by atoms with van der Waals surface area (Å²) in [7, 11) is -7.35. The van der Waals surface area contributed by atoms with Crippen molar-refractivity contribution in [1.82, 2.24) is 0 Å². The molecule has 0 fully saturated rings. The first kappa shape index (κ1) is 17.0. The Morgan fingerprint density at radius 3 is 2.17 bits per heavy atom. The van der Waals surface area contributed by atoms with Crippen LogP contribution in [-0.4, -0.2) is 28.6 Å². The molecule has 24 heavy (non-hydrogen) atoms. The molecular weight excluding hydrogens is 370 g/mol. The van der Waals surface area contributed by atoms with Crippen molar-refractivity contribution < 1.29 is 16.8 Å². The van der Waals surface area contributed by atoms with E-state index in [4.69, 9.17) is 11.6 Å². The van der Waals surface area contributed by atoms with Gasteiger partial charge in [-0.2, -0.15) is 0 Å². The zero-order valence-electron chi connectivity index (χ0n) is 12.4. The number of nitrogens with zero attached hydrogens (tertiary/aromatic N) is 1. The molecule has 0 saturated heterocycles. The smallest absolute Gasteiger partial charge is 0.258 e. The van der Waals surface area contributed by atoms with Crippen LogP contribution in [0.25, 0.3) is 0 Å². The van der Waals surface area contributed by atoms with E-state index in [1.54, 1.807) is 30.3 Å². The second-order valence-corrected chi connectivity index (χ2v) is 9.50. The van der Waals surface area contributed by atoms with Gasteiger partial charge in [0, 0.05) is 10.4 Å². The number of para-hydroxylation sites is 1. The molecule has 5 nitrogen and oxygen atoms in total. The lowest BCUT2D eigenvalue weighted by Crippen LogP contribution is -2.41. The molecule has 0 aromatic heterocycles. The molecule has 0 saturated carbocycles. The normalized spacial score (nSPS) is 19.3. The van der Waals surface area contributed by atoms with Crippen molar-refractivity contribution in [3.05, 3.63) is 71.1 Å². The summed E-state index contributed by atoms with van der Waals surface area (Å²) in [6.07, 6.45) is 1.40. The molecule has 0 spiro atoms. The number of hydrogen-bond donors (Lipinski definition) is 0. The van der Waals surface area contributed by atoms with Gasteiger partial charge < -0.3 is 0 Å². The number of halogens is 1. The van der Waals surface area contributed by atoms with Crippen LogP contribution in [0.15, 0.2) is 71.0 Å². The first-order chi connectivity index (χ1) is 11.3. The minimum atomic E-state index is -3.95. The summed E-state index contributed by atoms with van der Waals surface area (Å²) in [5.41, 5.74) is 0.402. The molecule has 0 aliphatic carbocycles. The second-order valence-electron chi connectivity index (χ2n) is 5.32. The van der Waals surface area contributed by atoms with Crippen molar-refractivity contribution in [3.8, 4) is 0 Å². The first-order valence-corrected chi connectivity index (χ1v) is 10.6. The van der Waals surface area contributed by atoms with Gasteiger partial charge in [-0.25, -0.2) is 16.8 Å². The van der Waals surface area contributed by atoms with E-state index < -0.39 is 25.9 Å². The van der Waals surface area contributed by atoms with Crippen LogP contribution >= 0.6 is 11.6 Å². The first-order valence-electron chi connectivity index (χ1n) is 7.06. The van der Waals surface area contributed by atoms with Gasteiger partial charge in [-0.1, -0.05) is 29.8 Å². The van der Waals surface area contributed by atoms with Crippen LogP contribution in [0, 0.1) is 0 Å². The van der Waals surface area contributed by atoms with Crippen LogP contribution in [0.2, 0.25) is 5.02 Å². The second kappa shape index (κ2) is 6.23. The van der Waals surface area contributed by atoms with E-state index in [9.17, 15) is 16.8 Å². The topological polar surface area (TPSA) is 71.5 Å². The summed E-state index contributed by atoms with van der Waals surface area (Å²) in [5.74, 6) is -0.283. The highest BCUT2D eigenvalue weighted by Crippen LogP contribution is 2.29. The third-order valence-corrected chi connectivity index (χ3v) is 7.09. The molecule has 0 bridgehead atoms. The van der Waals surface area contributed by atoms with Crippen molar-refractivity contribution in [2.75, 3.05) is 10.1 Å². The Labute approximate surface area is 146 Å². The van der Waals surface area contributed by atoms with Gasteiger partial charge in [-0.05, 0) is 42.5 Å². The highest BCUT2D eigenvalue weighted by molar-refractivity contribution is 7.95. The Bertz CT molecular complexity index is 968. The third-order valence-electron chi connectivity index (χ3n) is 3.59. The average molecular weight is 384 g/mol. The number of hydrogen-bond acceptors (Lipinski definition) is 4. The van der Waals surface area contributed by atoms with E-state index in [2.05, 4.69) is 0 Å². The molecule has 1 aliphatic rings. The monoisotopic (exact) mass is 383 g/mol. The minimum Gasteiger partial charge on any atom is -0.258 e. The average Bonchev–Trinajstić information content (AvgIpc) is 2.88. The van der Waals surface area contributed by atoms with Crippen molar-refractivity contribution in [3.63, 3.8) is 0 Å². The molecule has 0 unspecified atom stereocenters. The molecule has 0 amide bonds. The van der Waals surface area contributed by atoms with E-state index in [1.807, 2.05) is 0 Å². The van der Waals surface area contributed by atoms with Crippen LogP contribution in [-0.2, 0) is 19.9 Å². The summed E-state index contributed by atoms with van der Waals surface area (Å²) in [5, 5.41) is 1.48. The number of benzene rings is 2. The number of rotatable bonds is 4. The number of anilines is 1. The van der Waals surface area contributed by atoms with Crippen LogP contribution < -0.4 is 4.31 Å². The number of sulfonamides is 1. The zero-order valence-corrected chi connectivity index (χ0v) is 14.8. The van der Waals surface area contributed by atoms with Gasteiger partial charge in [-0.3, -0.25) is 4.31 Å². The maximum absolute atomic E-state index is 13.1. The molecule has 1 aliphatic heterocycles. The van der Waals surface area contributed by atoms with Gasteiger partial charge in [0.1, 0.15) is 0 Å². The van der Waals surface area contributed by atoms with E-state index >= 15 is 0 Å². The Morgan fingerprint density at radius 1 is 1.00 bits per heavy atom. The zero-order chi connectivity index (χ0) is 17.4. The van der Waals surface area contributed by atoms with Crippen LogP contribution in [0.1, 0.15) is 0 Å². The van der Waals surface area contributed by atoms with Crippen molar-refractivity contribution >= 4 is 37.1 Å². The van der Waals surface area contributed by atoms with E-state index in [1.165, 1.54) is 30.3 Å². The standard InChI is InChI=1S/C16H14ClNO4S2/c17-13-6-8-16(9-7-13)24(21,22)18(14-4-2-1-3-5-14)15-10-11-23(19,20)12-15/h1-11,15H,12H2/t15-/m0/s1. The molecule has 8 heteroatoms. The molecule has 2 aromatic carbocycles. The predicted octanol–water partition coefficient (Wildman–Crippen LogP) is 2.85. The molecule has 0 radical (unpaired) electrons. The largest absolute Gasteiger partial charge is 0.264 e. The highest BCUT2D eigenvalue weighted by atomic mass is 35.5. The Morgan fingerprint density at radius 2 is 1.62 bits per heavy atom. The molecule has 0 N–H and O–H groups in total. The summed E-state index contributed by atoms with van der Waals surface area (Å²) < 4.78 is 50.8. The molecule has 126 valence electrons. The maximum Gasteiger partial charge on any atom is 0.264 e. The van der Waals surface area contributed by atoms with Gasteiger partial charge >= 0.3 is 0 Å². The molecule has 3 rings (SSSR count). The van der Waals surface area contributed by atoms with Crippen LogP contribution in [0.4, 0.5) is 5.69 Å². The van der Waals surface area contributed by atoms with Crippen molar-refractivity contribution in [2.24, 2.45) is 0 Å². The van der Waals surface area contributed by atoms with Crippen LogP contribution in [0.5, 0.6) is 0 Å². The Hall–Kier alpha value is -1.83. The van der Waals surface area contributed by atoms with Crippen molar-refractivity contribution in [1.29, 1.82) is 0 Å². The SMILES string of the molecule is O=S1(=O)C=C[C@H](N(c2ccccc2)S(=O)(=O)c2ccc(Cl)cc2)C1.